The Labute approximate surface area is 146 Å². The van der Waals surface area contributed by atoms with E-state index in [4.69, 9.17) is 0 Å². The second kappa shape index (κ2) is 7.79. The number of rotatable bonds is 6. The number of nitrogens with one attached hydrogen (secondary N) is 2. The standard InChI is InChI=1S/C21H22N2O2/c1-15-19(23-18-13-6-5-12-17(18)20(15)24)21(25)22-14-8-7-11-16-9-3-2-4-10-16/h2-6,9-10,12-13H,7-8,11,14H2,1H3,(H,22,25)(H,23,24). The SMILES string of the molecule is Cc1c(C(=O)NCCCCc2ccccc2)[nH]c2ccccc2c1=O. The molecule has 1 aromatic heterocycles. The van der Waals surface area contributed by atoms with Crippen molar-refractivity contribution in [1.29, 1.82) is 0 Å². The minimum absolute atomic E-state index is 0.0939. The zero-order chi connectivity index (χ0) is 17.6. The molecule has 0 aliphatic rings. The maximum Gasteiger partial charge on any atom is 0.268 e. The molecular formula is C21H22N2O2. The molecule has 2 N–H and O–H groups in total. The molecule has 3 aromatic rings. The Morgan fingerprint density at radius 2 is 1.72 bits per heavy atom. The molecule has 0 fully saturated rings. The highest BCUT2D eigenvalue weighted by atomic mass is 16.2. The summed E-state index contributed by atoms with van der Waals surface area (Å²) in [5, 5.41) is 3.52. The average Bonchev–Trinajstić information content (AvgIpc) is 2.65. The molecule has 0 aliphatic heterocycles. The van der Waals surface area contributed by atoms with Crippen LogP contribution >= 0.6 is 0 Å². The second-order valence-electron chi connectivity index (χ2n) is 6.20. The molecule has 0 saturated carbocycles. The molecule has 128 valence electrons. The zero-order valence-electron chi connectivity index (χ0n) is 14.3. The lowest BCUT2D eigenvalue weighted by Gasteiger charge is -2.09. The van der Waals surface area contributed by atoms with Gasteiger partial charge in [0.15, 0.2) is 5.43 Å². The van der Waals surface area contributed by atoms with E-state index in [-0.39, 0.29) is 11.3 Å². The van der Waals surface area contributed by atoms with Crippen LogP contribution in [0.1, 0.15) is 34.5 Å². The van der Waals surface area contributed by atoms with E-state index < -0.39 is 0 Å². The first kappa shape index (κ1) is 17.0. The van der Waals surface area contributed by atoms with Gasteiger partial charge in [-0.3, -0.25) is 9.59 Å². The van der Waals surface area contributed by atoms with Crippen LogP contribution in [-0.2, 0) is 6.42 Å². The summed E-state index contributed by atoms with van der Waals surface area (Å²) >= 11 is 0. The number of benzene rings is 2. The number of aromatic nitrogens is 1. The third-order valence-corrected chi connectivity index (χ3v) is 4.39. The Morgan fingerprint density at radius 3 is 2.52 bits per heavy atom. The highest BCUT2D eigenvalue weighted by molar-refractivity contribution is 5.96. The summed E-state index contributed by atoms with van der Waals surface area (Å²) in [4.78, 5) is 27.9. The van der Waals surface area contributed by atoms with Crippen LogP contribution < -0.4 is 10.7 Å². The minimum atomic E-state index is -0.222. The Bertz CT molecular complexity index is 930. The minimum Gasteiger partial charge on any atom is -0.351 e. The fourth-order valence-electron chi connectivity index (χ4n) is 2.95. The van der Waals surface area contributed by atoms with Crippen LogP contribution in [0.15, 0.2) is 59.4 Å². The van der Waals surface area contributed by atoms with Crippen LogP contribution in [0.2, 0.25) is 0 Å². The predicted molar refractivity (Wildman–Crippen MR) is 101 cm³/mol. The lowest BCUT2D eigenvalue weighted by atomic mass is 10.1. The van der Waals surface area contributed by atoms with Gasteiger partial charge in [-0.2, -0.15) is 0 Å². The number of hydrogen-bond acceptors (Lipinski definition) is 2. The van der Waals surface area contributed by atoms with E-state index in [1.54, 1.807) is 13.0 Å². The molecule has 0 saturated heterocycles. The van der Waals surface area contributed by atoms with Crippen molar-refractivity contribution in [2.24, 2.45) is 0 Å². The van der Waals surface area contributed by atoms with Crippen molar-refractivity contribution in [2.75, 3.05) is 6.54 Å². The Hall–Kier alpha value is -2.88. The van der Waals surface area contributed by atoms with Crippen molar-refractivity contribution in [3.05, 3.63) is 81.6 Å². The van der Waals surface area contributed by atoms with Gasteiger partial charge in [0.05, 0.1) is 0 Å². The van der Waals surface area contributed by atoms with Gasteiger partial charge in [0, 0.05) is 23.0 Å². The Morgan fingerprint density at radius 1 is 1.00 bits per heavy atom. The van der Waals surface area contributed by atoms with Crippen LogP contribution in [0.5, 0.6) is 0 Å². The number of H-pyrrole nitrogens is 1. The highest BCUT2D eigenvalue weighted by Crippen LogP contribution is 2.11. The van der Waals surface area contributed by atoms with Gasteiger partial charge in [-0.25, -0.2) is 0 Å². The van der Waals surface area contributed by atoms with Crippen molar-refractivity contribution in [1.82, 2.24) is 10.3 Å². The van der Waals surface area contributed by atoms with Crippen molar-refractivity contribution >= 4 is 16.8 Å². The quantitative estimate of drug-likeness (QED) is 0.677. The molecular weight excluding hydrogens is 312 g/mol. The van der Waals surface area contributed by atoms with E-state index >= 15 is 0 Å². The van der Waals surface area contributed by atoms with Gasteiger partial charge in [0.2, 0.25) is 0 Å². The summed E-state index contributed by atoms with van der Waals surface area (Å²) in [6.07, 6.45) is 2.91. The lowest BCUT2D eigenvalue weighted by Crippen LogP contribution is -2.28. The first-order chi connectivity index (χ1) is 12.2. The van der Waals surface area contributed by atoms with E-state index in [0.717, 1.165) is 19.3 Å². The Kier molecular flexibility index (Phi) is 5.29. The van der Waals surface area contributed by atoms with Gasteiger partial charge < -0.3 is 10.3 Å². The first-order valence-corrected chi connectivity index (χ1v) is 8.60. The summed E-state index contributed by atoms with van der Waals surface area (Å²) in [5.74, 6) is -0.222. The molecule has 0 bridgehead atoms. The first-order valence-electron chi connectivity index (χ1n) is 8.60. The van der Waals surface area contributed by atoms with Crippen LogP contribution in [0, 0.1) is 6.92 Å². The number of hydrogen-bond donors (Lipinski definition) is 2. The summed E-state index contributed by atoms with van der Waals surface area (Å²) in [5.41, 5.74) is 2.71. The fraction of sp³-hybridized carbons (Fsp3) is 0.238. The molecule has 1 heterocycles. The lowest BCUT2D eigenvalue weighted by molar-refractivity contribution is 0.0947. The van der Waals surface area contributed by atoms with Crippen molar-refractivity contribution in [3.63, 3.8) is 0 Å². The molecule has 0 atom stereocenters. The van der Waals surface area contributed by atoms with E-state index in [0.29, 0.717) is 28.7 Å². The van der Waals surface area contributed by atoms with Crippen molar-refractivity contribution in [3.8, 4) is 0 Å². The van der Waals surface area contributed by atoms with Crippen LogP contribution in [-0.4, -0.2) is 17.4 Å². The molecule has 3 rings (SSSR count). The number of aromatic amines is 1. The number of carbonyl (C=O) groups is 1. The molecule has 25 heavy (non-hydrogen) atoms. The smallest absolute Gasteiger partial charge is 0.268 e. The normalized spacial score (nSPS) is 10.8. The van der Waals surface area contributed by atoms with Gasteiger partial charge in [0.1, 0.15) is 5.69 Å². The third kappa shape index (κ3) is 3.97. The summed E-state index contributed by atoms with van der Waals surface area (Å²) in [6, 6.07) is 17.6. The maximum atomic E-state index is 12.4. The van der Waals surface area contributed by atoms with Crippen molar-refractivity contribution < 1.29 is 4.79 Å². The van der Waals surface area contributed by atoms with Crippen LogP contribution in [0.4, 0.5) is 0 Å². The van der Waals surface area contributed by atoms with Gasteiger partial charge in [-0.05, 0) is 43.9 Å². The molecule has 0 unspecified atom stereocenters. The number of amides is 1. The summed E-state index contributed by atoms with van der Waals surface area (Å²) < 4.78 is 0. The molecule has 4 heteroatoms. The monoisotopic (exact) mass is 334 g/mol. The van der Waals surface area contributed by atoms with E-state index in [1.165, 1.54) is 5.56 Å². The maximum absolute atomic E-state index is 12.4. The number of pyridine rings is 1. The number of para-hydroxylation sites is 1. The molecule has 0 aliphatic carbocycles. The zero-order valence-corrected chi connectivity index (χ0v) is 14.3. The molecule has 0 radical (unpaired) electrons. The predicted octanol–water partition coefficient (Wildman–Crippen LogP) is 3.59. The van der Waals surface area contributed by atoms with Crippen LogP contribution in [0.3, 0.4) is 0 Å². The fourth-order valence-corrected chi connectivity index (χ4v) is 2.95. The van der Waals surface area contributed by atoms with Crippen LogP contribution in [0.25, 0.3) is 10.9 Å². The third-order valence-electron chi connectivity index (χ3n) is 4.39. The second-order valence-corrected chi connectivity index (χ2v) is 6.20. The largest absolute Gasteiger partial charge is 0.351 e. The van der Waals surface area contributed by atoms with Gasteiger partial charge in [0.25, 0.3) is 5.91 Å². The van der Waals surface area contributed by atoms with Crippen molar-refractivity contribution in [2.45, 2.75) is 26.2 Å². The van der Waals surface area contributed by atoms with Gasteiger partial charge in [-0.15, -0.1) is 0 Å². The van der Waals surface area contributed by atoms with E-state index in [2.05, 4.69) is 22.4 Å². The number of fused-ring (bicyclic) bond motifs is 1. The van der Waals surface area contributed by atoms with Gasteiger partial charge >= 0.3 is 0 Å². The summed E-state index contributed by atoms with van der Waals surface area (Å²) in [7, 11) is 0. The molecule has 1 amide bonds. The number of carbonyl (C=O) groups excluding carboxylic acids is 1. The van der Waals surface area contributed by atoms with Gasteiger partial charge in [-0.1, -0.05) is 42.5 Å². The molecule has 4 nitrogen and oxygen atoms in total. The number of aryl methyl sites for hydroxylation is 1. The Balaban J connectivity index is 1.59. The topological polar surface area (TPSA) is 62.0 Å². The highest BCUT2D eigenvalue weighted by Gasteiger charge is 2.14. The summed E-state index contributed by atoms with van der Waals surface area (Å²) in [6.45, 7) is 2.29. The van der Waals surface area contributed by atoms with E-state index in [9.17, 15) is 9.59 Å². The average molecular weight is 334 g/mol. The molecule has 0 spiro atoms. The van der Waals surface area contributed by atoms with E-state index in [1.807, 2.05) is 36.4 Å². The number of unbranched alkanes of at least 4 members (excludes halogenated alkanes) is 1. The molecule has 2 aromatic carbocycles.